The van der Waals surface area contributed by atoms with E-state index in [-0.39, 0.29) is 17.1 Å². The lowest BCUT2D eigenvalue weighted by atomic mass is 10.0. The summed E-state index contributed by atoms with van der Waals surface area (Å²) >= 11 is 3.17. The third kappa shape index (κ3) is 2.98. The standard InChI is InChI=1S/C13H15BrF2O3S/c1-19-8-6-9(15)12(10(16)7-8)13(14)11-4-2-3-5-20(11,17)18/h6-7,11,13H,2-5H2,1H3. The summed E-state index contributed by atoms with van der Waals surface area (Å²) in [7, 11) is -2.02. The van der Waals surface area contributed by atoms with Gasteiger partial charge in [0.1, 0.15) is 17.4 Å². The zero-order valence-electron chi connectivity index (χ0n) is 10.9. The Bertz CT molecular complexity index is 581. The number of rotatable bonds is 3. The Morgan fingerprint density at radius 2 is 1.90 bits per heavy atom. The van der Waals surface area contributed by atoms with Crippen LogP contribution in [0, 0.1) is 11.6 Å². The SMILES string of the molecule is COc1cc(F)c(C(Br)C2CCCCS2(=O)=O)c(F)c1. The van der Waals surface area contributed by atoms with Crippen molar-refractivity contribution in [2.24, 2.45) is 0 Å². The predicted molar refractivity (Wildman–Crippen MR) is 76.0 cm³/mol. The highest BCUT2D eigenvalue weighted by Crippen LogP contribution is 2.39. The molecule has 0 bridgehead atoms. The topological polar surface area (TPSA) is 43.4 Å². The van der Waals surface area contributed by atoms with Gasteiger partial charge in [-0.25, -0.2) is 17.2 Å². The summed E-state index contributed by atoms with van der Waals surface area (Å²) in [6.07, 6.45) is 1.75. The van der Waals surface area contributed by atoms with Crippen LogP contribution in [0.1, 0.15) is 29.7 Å². The van der Waals surface area contributed by atoms with Crippen LogP contribution in [-0.4, -0.2) is 26.5 Å². The zero-order valence-corrected chi connectivity index (χ0v) is 13.3. The Morgan fingerprint density at radius 3 is 2.40 bits per heavy atom. The van der Waals surface area contributed by atoms with Crippen LogP contribution in [0.2, 0.25) is 0 Å². The van der Waals surface area contributed by atoms with Crippen LogP contribution in [0.4, 0.5) is 8.78 Å². The predicted octanol–water partition coefficient (Wildman–Crippen LogP) is 3.38. The van der Waals surface area contributed by atoms with E-state index in [0.717, 1.165) is 18.6 Å². The monoisotopic (exact) mass is 368 g/mol. The lowest BCUT2D eigenvalue weighted by Gasteiger charge is -2.27. The number of hydrogen-bond donors (Lipinski definition) is 0. The minimum atomic E-state index is -3.33. The number of alkyl halides is 1. The quantitative estimate of drug-likeness (QED) is 0.768. The first-order valence-electron chi connectivity index (χ1n) is 6.25. The largest absolute Gasteiger partial charge is 0.497 e. The Kier molecular flexibility index (Phi) is 4.69. The maximum Gasteiger partial charge on any atom is 0.154 e. The van der Waals surface area contributed by atoms with Gasteiger partial charge in [-0.05, 0) is 12.8 Å². The van der Waals surface area contributed by atoms with Crippen molar-refractivity contribution < 1.29 is 21.9 Å². The van der Waals surface area contributed by atoms with E-state index in [1.165, 1.54) is 7.11 Å². The maximum atomic E-state index is 14.0. The normalized spacial score (nSPS) is 23.3. The van der Waals surface area contributed by atoms with Gasteiger partial charge in [0.15, 0.2) is 9.84 Å². The van der Waals surface area contributed by atoms with Gasteiger partial charge in [-0.1, -0.05) is 22.4 Å². The van der Waals surface area contributed by atoms with Crippen molar-refractivity contribution >= 4 is 25.8 Å². The summed E-state index contributed by atoms with van der Waals surface area (Å²) in [5.41, 5.74) is -0.249. The molecule has 1 aromatic rings. The minimum absolute atomic E-state index is 0.0648. The van der Waals surface area contributed by atoms with Gasteiger partial charge in [-0.3, -0.25) is 0 Å². The van der Waals surface area contributed by atoms with E-state index in [2.05, 4.69) is 15.9 Å². The van der Waals surface area contributed by atoms with Crippen LogP contribution in [0.25, 0.3) is 0 Å². The molecule has 0 aliphatic carbocycles. The Hall–Kier alpha value is -0.690. The van der Waals surface area contributed by atoms with Gasteiger partial charge >= 0.3 is 0 Å². The van der Waals surface area contributed by atoms with Gasteiger partial charge in [0, 0.05) is 17.7 Å². The molecule has 1 heterocycles. The van der Waals surface area contributed by atoms with Crippen LogP contribution in [0.3, 0.4) is 0 Å². The molecule has 1 aliphatic rings. The molecule has 2 unspecified atom stereocenters. The molecule has 0 amide bonds. The lowest BCUT2D eigenvalue weighted by molar-refractivity contribution is 0.404. The van der Waals surface area contributed by atoms with E-state index in [0.29, 0.717) is 12.8 Å². The fraction of sp³-hybridized carbons (Fsp3) is 0.538. The van der Waals surface area contributed by atoms with E-state index >= 15 is 0 Å². The van der Waals surface area contributed by atoms with Gasteiger partial charge < -0.3 is 4.74 Å². The molecular formula is C13H15BrF2O3S. The van der Waals surface area contributed by atoms with Crippen molar-refractivity contribution in [3.8, 4) is 5.75 Å². The van der Waals surface area contributed by atoms with Crippen LogP contribution in [0.15, 0.2) is 12.1 Å². The Morgan fingerprint density at radius 1 is 1.30 bits per heavy atom. The van der Waals surface area contributed by atoms with Crippen molar-refractivity contribution in [1.82, 2.24) is 0 Å². The number of ether oxygens (including phenoxy) is 1. The van der Waals surface area contributed by atoms with Crippen LogP contribution in [-0.2, 0) is 9.84 Å². The molecule has 0 saturated carbocycles. The van der Waals surface area contributed by atoms with Gasteiger partial charge in [-0.15, -0.1) is 0 Å². The molecule has 20 heavy (non-hydrogen) atoms. The number of methoxy groups -OCH3 is 1. The highest BCUT2D eigenvalue weighted by molar-refractivity contribution is 9.09. The smallest absolute Gasteiger partial charge is 0.154 e. The second kappa shape index (κ2) is 5.97. The van der Waals surface area contributed by atoms with Gasteiger partial charge in [0.25, 0.3) is 0 Å². The van der Waals surface area contributed by atoms with Crippen LogP contribution in [0.5, 0.6) is 5.75 Å². The molecule has 3 nitrogen and oxygen atoms in total. The second-order valence-corrected chi connectivity index (χ2v) is 8.13. The molecule has 0 aromatic heterocycles. The summed E-state index contributed by atoms with van der Waals surface area (Å²) in [5.74, 6) is -1.47. The van der Waals surface area contributed by atoms with Crippen molar-refractivity contribution in [2.45, 2.75) is 29.3 Å². The first-order chi connectivity index (χ1) is 9.36. The van der Waals surface area contributed by atoms with Crippen molar-refractivity contribution in [1.29, 1.82) is 0 Å². The third-order valence-corrected chi connectivity index (χ3v) is 7.25. The summed E-state index contributed by atoms with van der Waals surface area (Å²) in [5, 5.41) is -0.798. The highest BCUT2D eigenvalue weighted by Gasteiger charge is 2.37. The van der Waals surface area contributed by atoms with E-state index in [1.54, 1.807) is 0 Å². The fourth-order valence-corrected chi connectivity index (χ4v) is 6.06. The first-order valence-corrected chi connectivity index (χ1v) is 8.88. The molecule has 112 valence electrons. The Labute approximate surface area is 125 Å². The third-order valence-electron chi connectivity index (χ3n) is 3.52. The van der Waals surface area contributed by atoms with E-state index in [9.17, 15) is 17.2 Å². The molecule has 0 N–H and O–H groups in total. The molecule has 7 heteroatoms. The van der Waals surface area contributed by atoms with Crippen molar-refractivity contribution in [3.05, 3.63) is 29.3 Å². The molecule has 1 fully saturated rings. The molecule has 1 aromatic carbocycles. The van der Waals surface area contributed by atoms with E-state index in [4.69, 9.17) is 4.74 Å². The molecule has 2 atom stereocenters. The van der Waals surface area contributed by atoms with E-state index < -0.39 is 31.5 Å². The summed E-state index contributed by atoms with van der Waals surface area (Å²) < 4.78 is 56.9. The number of hydrogen-bond acceptors (Lipinski definition) is 3. The number of benzene rings is 1. The van der Waals surface area contributed by atoms with E-state index in [1.807, 2.05) is 0 Å². The van der Waals surface area contributed by atoms with Gasteiger partial charge in [-0.2, -0.15) is 0 Å². The maximum absolute atomic E-state index is 14.0. The van der Waals surface area contributed by atoms with Crippen molar-refractivity contribution in [3.63, 3.8) is 0 Å². The Balaban J connectivity index is 2.40. The average molecular weight is 369 g/mol. The van der Waals surface area contributed by atoms with Gasteiger partial charge in [0.05, 0.1) is 22.9 Å². The number of sulfone groups is 1. The second-order valence-electron chi connectivity index (χ2n) is 4.81. The summed E-state index contributed by atoms with van der Waals surface area (Å²) in [4.78, 5) is -0.890. The lowest BCUT2D eigenvalue weighted by Crippen LogP contribution is -2.32. The minimum Gasteiger partial charge on any atom is -0.497 e. The summed E-state index contributed by atoms with van der Waals surface area (Å²) in [6.45, 7) is 0. The molecule has 0 spiro atoms. The highest BCUT2D eigenvalue weighted by atomic mass is 79.9. The zero-order chi connectivity index (χ0) is 14.9. The molecule has 2 rings (SSSR count). The molecular weight excluding hydrogens is 354 g/mol. The number of halogens is 3. The van der Waals surface area contributed by atoms with Crippen molar-refractivity contribution in [2.75, 3.05) is 12.9 Å². The van der Waals surface area contributed by atoms with Gasteiger partial charge in [0.2, 0.25) is 0 Å². The molecule has 1 saturated heterocycles. The fourth-order valence-electron chi connectivity index (χ4n) is 2.44. The molecule has 0 radical (unpaired) electrons. The molecule has 1 aliphatic heterocycles. The van der Waals surface area contributed by atoms with Crippen LogP contribution < -0.4 is 4.74 Å². The summed E-state index contributed by atoms with van der Waals surface area (Å²) in [6, 6.07) is 2.12. The average Bonchev–Trinajstić information content (AvgIpc) is 2.36. The van der Waals surface area contributed by atoms with Crippen LogP contribution >= 0.6 is 15.9 Å². The first kappa shape index (κ1) is 15.7.